The van der Waals surface area contributed by atoms with E-state index in [-0.39, 0.29) is 11.9 Å². The summed E-state index contributed by atoms with van der Waals surface area (Å²) in [4.78, 5) is 2.08. The molecule has 98 valence electrons. The Morgan fingerprint density at radius 3 is 2.79 bits per heavy atom. The Kier molecular flexibility index (Phi) is 2.99. The molecular weight excluding hydrogens is 239 g/mol. The first kappa shape index (κ1) is 12.2. The van der Waals surface area contributed by atoms with E-state index in [0.29, 0.717) is 12.2 Å². The van der Waals surface area contributed by atoms with Crippen molar-refractivity contribution in [2.75, 3.05) is 4.90 Å². The lowest BCUT2D eigenvalue weighted by Crippen LogP contribution is -2.26. The maximum atomic E-state index is 14.3. The summed E-state index contributed by atoms with van der Waals surface area (Å²) in [5.74, 6) is -0.202. The molecule has 0 spiro atoms. The molecule has 0 saturated carbocycles. The van der Waals surface area contributed by atoms with E-state index in [9.17, 15) is 4.39 Å². The molecule has 19 heavy (non-hydrogen) atoms. The monoisotopic (exact) mass is 256 g/mol. The van der Waals surface area contributed by atoms with Crippen LogP contribution in [0.3, 0.4) is 0 Å². The van der Waals surface area contributed by atoms with Crippen LogP contribution in [0.2, 0.25) is 0 Å². The summed E-state index contributed by atoms with van der Waals surface area (Å²) < 4.78 is 14.3. The molecule has 1 unspecified atom stereocenters. The van der Waals surface area contributed by atoms with Gasteiger partial charge in [0.2, 0.25) is 0 Å². The van der Waals surface area contributed by atoms with Crippen molar-refractivity contribution in [3.63, 3.8) is 0 Å². The van der Waals surface area contributed by atoms with Crippen molar-refractivity contribution in [3.8, 4) is 0 Å². The highest BCUT2D eigenvalue weighted by Gasteiger charge is 2.29. The molecule has 0 radical (unpaired) electrons. The van der Waals surface area contributed by atoms with E-state index in [2.05, 4.69) is 17.9 Å². The first-order valence-corrected chi connectivity index (χ1v) is 6.57. The van der Waals surface area contributed by atoms with Gasteiger partial charge in [0.15, 0.2) is 0 Å². The molecule has 2 aromatic carbocycles. The number of halogens is 1. The van der Waals surface area contributed by atoms with Gasteiger partial charge in [-0.1, -0.05) is 30.3 Å². The molecule has 2 nitrogen and oxygen atoms in total. The molecule has 0 aromatic heterocycles. The second kappa shape index (κ2) is 4.67. The lowest BCUT2D eigenvalue weighted by atomic mass is 10.1. The second-order valence-corrected chi connectivity index (χ2v) is 5.00. The smallest absolute Gasteiger partial charge is 0.147 e. The van der Waals surface area contributed by atoms with Gasteiger partial charge < -0.3 is 10.6 Å². The predicted octanol–water partition coefficient (Wildman–Crippen LogP) is 3.37. The van der Waals surface area contributed by atoms with E-state index in [0.717, 1.165) is 17.7 Å². The highest BCUT2D eigenvalue weighted by molar-refractivity contribution is 5.73. The van der Waals surface area contributed by atoms with Crippen LogP contribution in [-0.4, -0.2) is 6.04 Å². The molecule has 1 aliphatic rings. The van der Waals surface area contributed by atoms with Gasteiger partial charge in [0, 0.05) is 18.3 Å². The molecule has 1 atom stereocenters. The van der Waals surface area contributed by atoms with Gasteiger partial charge in [-0.2, -0.15) is 0 Å². The summed E-state index contributed by atoms with van der Waals surface area (Å²) in [5.41, 5.74) is 9.59. The first-order valence-electron chi connectivity index (χ1n) is 6.57. The SMILES string of the molecule is CC1Cc2ccccc2N1c1c(F)cccc1CN. The van der Waals surface area contributed by atoms with Crippen LogP contribution in [0.1, 0.15) is 18.1 Å². The van der Waals surface area contributed by atoms with Gasteiger partial charge in [-0.25, -0.2) is 4.39 Å². The molecule has 2 aromatic rings. The summed E-state index contributed by atoms with van der Waals surface area (Å²) in [7, 11) is 0. The Balaban J connectivity index is 2.18. The van der Waals surface area contributed by atoms with E-state index >= 15 is 0 Å². The third-order valence-electron chi connectivity index (χ3n) is 3.74. The normalized spacial score (nSPS) is 17.6. The van der Waals surface area contributed by atoms with Crippen LogP contribution >= 0.6 is 0 Å². The van der Waals surface area contributed by atoms with Crippen molar-refractivity contribution >= 4 is 11.4 Å². The van der Waals surface area contributed by atoms with Crippen molar-refractivity contribution in [1.29, 1.82) is 0 Å². The molecule has 3 rings (SSSR count). The Hall–Kier alpha value is -1.87. The van der Waals surface area contributed by atoms with Crippen molar-refractivity contribution in [1.82, 2.24) is 0 Å². The molecule has 0 fully saturated rings. The Morgan fingerprint density at radius 2 is 2.00 bits per heavy atom. The zero-order valence-electron chi connectivity index (χ0n) is 10.9. The number of hydrogen-bond donors (Lipinski definition) is 1. The minimum Gasteiger partial charge on any atom is -0.335 e. The zero-order chi connectivity index (χ0) is 13.4. The molecule has 0 aliphatic carbocycles. The fourth-order valence-electron chi connectivity index (χ4n) is 2.90. The largest absolute Gasteiger partial charge is 0.335 e. The number of fused-ring (bicyclic) bond motifs is 1. The quantitative estimate of drug-likeness (QED) is 0.892. The topological polar surface area (TPSA) is 29.3 Å². The molecule has 0 amide bonds. The van der Waals surface area contributed by atoms with Crippen LogP contribution in [0.25, 0.3) is 0 Å². The first-order chi connectivity index (χ1) is 9.22. The average Bonchev–Trinajstić information content (AvgIpc) is 2.74. The lowest BCUT2D eigenvalue weighted by molar-refractivity contribution is 0.615. The fraction of sp³-hybridized carbons (Fsp3) is 0.250. The van der Waals surface area contributed by atoms with Gasteiger partial charge in [0.05, 0.1) is 5.69 Å². The molecule has 1 aliphatic heterocycles. The molecular formula is C16H17FN2. The molecule has 1 heterocycles. The van der Waals surface area contributed by atoms with Crippen molar-refractivity contribution in [2.24, 2.45) is 5.73 Å². The third-order valence-corrected chi connectivity index (χ3v) is 3.74. The van der Waals surface area contributed by atoms with Crippen molar-refractivity contribution < 1.29 is 4.39 Å². The van der Waals surface area contributed by atoms with Gasteiger partial charge in [-0.05, 0) is 36.6 Å². The summed E-state index contributed by atoms with van der Waals surface area (Å²) in [5, 5.41) is 0. The average molecular weight is 256 g/mol. The number of rotatable bonds is 2. The van der Waals surface area contributed by atoms with Crippen molar-refractivity contribution in [3.05, 3.63) is 59.4 Å². The number of benzene rings is 2. The Labute approximate surface area is 112 Å². The van der Waals surface area contributed by atoms with Gasteiger partial charge in [0.1, 0.15) is 5.82 Å². The Morgan fingerprint density at radius 1 is 1.21 bits per heavy atom. The number of para-hydroxylation sites is 2. The van der Waals surface area contributed by atoms with E-state index in [4.69, 9.17) is 5.73 Å². The predicted molar refractivity (Wildman–Crippen MR) is 76.0 cm³/mol. The van der Waals surface area contributed by atoms with Gasteiger partial charge in [-0.3, -0.25) is 0 Å². The number of nitrogens with zero attached hydrogens (tertiary/aromatic N) is 1. The van der Waals surface area contributed by atoms with Gasteiger partial charge in [0.25, 0.3) is 0 Å². The number of hydrogen-bond acceptors (Lipinski definition) is 2. The van der Waals surface area contributed by atoms with Crippen molar-refractivity contribution in [2.45, 2.75) is 25.9 Å². The number of anilines is 2. The van der Waals surface area contributed by atoms with E-state index in [1.54, 1.807) is 6.07 Å². The van der Waals surface area contributed by atoms with Crippen LogP contribution in [0, 0.1) is 5.82 Å². The van der Waals surface area contributed by atoms with Gasteiger partial charge in [-0.15, -0.1) is 0 Å². The van der Waals surface area contributed by atoms with Crippen LogP contribution in [-0.2, 0) is 13.0 Å². The minimum absolute atomic E-state index is 0.202. The Bertz CT molecular complexity index is 609. The summed E-state index contributed by atoms with van der Waals surface area (Å²) in [6.07, 6.45) is 0.939. The second-order valence-electron chi connectivity index (χ2n) is 5.00. The third kappa shape index (κ3) is 1.90. The standard InChI is InChI=1S/C16H17FN2/c1-11-9-12-5-2-3-8-15(12)19(11)16-13(10-18)6-4-7-14(16)17/h2-8,11H,9-10,18H2,1H3. The maximum absolute atomic E-state index is 14.3. The molecule has 0 bridgehead atoms. The molecule has 3 heteroatoms. The summed E-state index contributed by atoms with van der Waals surface area (Å²) in [6.45, 7) is 2.46. The molecule has 0 saturated heterocycles. The lowest BCUT2D eigenvalue weighted by Gasteiger charge is -2.27. The zero-order valence-corrected chi connectivity index (χ0v) is 10.9. The van der Waals surface area contributed by atoms with Crippen LogP contribution < -0.4 is 10.6 Å². The van der Waals surface area contributed by atoms with E-state index in [1.807, 2.05) is 24.3 Å². The van der Waals surface area contributed by atoms with Crippen LogP contribution in [0.4, 0.5) is 15.8 Å². The minimum atomic E-state index is -0.202. The fourth-order valence-corrected chi connectivity index (χ4v) is 2.90. The molecule has 2 N–H and O–H groups in total. The van der Waals surface area contributed by atoms with E-state index < -0.39 is 0 Å². The van der Waals surface area contributed by atoms with Crippen LogP contribution in [0.15, 0.2) is 42.5 Å². The maximum Gasteiger partial charge on any atom is 0.147 e. The number of nitrogens with two attached hydrogens (primary N) is 1. The highest BCUT2D eigenvalue weighted by Crippen LogP contribution is 2.40. The van der Waals surface area contributed by atoms with Crippen LogP contribution in [0.5, 0.6) is 0 Å². The van der Waals surface area contributed by atoms with E-state index in [1.165, 1.54) is 11.6 Å². The highest BCUT2D eigenvalue weighted by atomic mass is 19.1. The van der Waals surface area contributed by atoms with Gasteiger partial charge >= 0.3 is 0 Å². The summed E-state index contributed by atoms with van der Waals surface area (Å²) >= 11 is 0. The summed E-state index contributed by atoms with van der Waals surface area (Å²) in [6, 6.07) is 13.5.